The maximum Gasteiger partial charge on any atom is 0.255 e. The second-order valence-corrected chi connectivity index (χ2v) is 10.4. The first-order chi connectivity index (χ1) is 19.1. The van der Waals surface area contributed by atoms with E-state index in [1.165, 1.54) is 0 Å². The highest BCUT2D eigenvalue weighted by Gasteiger charge is 2.33. The molecule has 0 radical (unpaired) electrons. The fraction of sp³-hybridized carbons (Fsp3) is 0.344. The van der Waals surface area contributed by atoms with Gasteiger partial charge in [0.2, 0.25) is 5.91 Å². The van der Waals surface area contributed by atoms with Crippen LogP contribution in [0.4, 0.5) is 11.4 Å². The van der Waals surface area contributed by atoms with E-state index in [9.17, 15) is 9.59 Å². The lowest BCUT2D eigenvalue weighted by atomic mass is 10.0. The van der Waals surface area contributed by atoms with E-state index >= 15 is 0 Å². The molecule has 7 nitrogen and oxygen atoms in total. The van der Waals surface area contributed by atoms with E-state index in [0.717, 1.165) is 73.3 Å². The molecule has 0 bridgehead atoms. The number of amides is 2. The van der Waals surface area contributed by atoms with E-state index in [0.29, 0.717) is 30.8 Å². The summed E-state index contributed by atoms with van der Waals surface area (Å²) in [7, 11) is 0. The van der Waals surface area contributed by atoms with Crippen LogP contribution in [0.2, 0.25) is 0 Å². The van der Waals surface area contributed by atoms with Crippen molar-refractivity contribution in [1.29, 1.82) is 5.26 Å². The number of hydrogen-bond acceptors (Lipinski definition) is 5. The van der Waals surface area contributed by atoms with Crippen molar-refractivity contribution in [1.82, 2.24) is 4.90 Å². The predicted octanol–water partition coefficient (Wildman–Crippen LogP) is 5.17. The molecule has 5 rings (SSSR count). The van der Waals surface area contributed by atoms with Gasteiger partial charge in [-0.2, -0.15) is 5.26 Å². The van der Waals surface area contributed by atoms with Crippen molar-refractivity contribution in [2.45, 2.75) is 38.6 Å². The second-order valence-electron chi connectivity index (χ2n) is 10.4. The van der Waals surface area contributed by atoms with Crippen LogP contribution in [0.15, 0.2) is 66.7 Å². The molecule has 0 atom stereocenters. The lowest BCUT2D eigenvalue weighted by molar-refractivity contribution is -0.133. The average molecular weight is 522 g/mol. The van der Waals surface area contributed by atoms with Crippen LogP contribution in [0.3, 0.4) is 0 Å². The van der Waals surface area contributed by atoms with Crippen molar-refractivity contribution < 1.29 is 9.59 Å². The van der Waals surface area contributed by atoms with Gasteiger partial charge in [-0.15, -0.1) is 0 Å². The van der Waals surface area contributed by atoms with Crippen LogP contribution < -0.4 is 16.0 Å². The van der Waals surface area contributed by atoms with Crippen LogP contribution in [-0.2, 0) is 11.3 Å². The van der Waals surface area contributed by atoms with E-state index in [2.05, 4.69) is 46.6 Å². The van der Waals surface area contributed by atoms with E-state index < -0.39 is 0 Å². The van der Waals surface area contributed by atoms with Crippen LogP contribution in [0, 0.1) is 17.2 Å². The first kappa shape index (κ1) is 26.5. The van der Waals surface area contributed by atoms with E-state index in [-0.39, 0.29) is 17.7 Å². The fourth-order valence-electron chi connectivity index (χ4n) is 5.15. The van der Waals surface area contributed by atoms with Crippen molar-refractivity contribution in [3.05, 3.63) is 83.4 Å². The molecule has 1 aliphatic heterocycles. The molecule has 1 aliphatic carbocycles. The van der Waals surface area contributed by atoms with E-state index in [1.54, 1.807) is 24.3 Å². The normalized spacial score (nSPS) is 14.6. The minimum atomic E-state index is -0.208. The number of benzene rings is 3. The molecule has 0 unspecified atom stereocenters. The maximum absolute atomic E-state index is 13.2. The quantitative estimate of drug-likeness (QED) is 0.383. The number of nitrogens with zero attached hydrogens (tertiary/aromatic N) is 3. The van der Waals surface area contributed by atoms with Gasteiger partial charge in [0.1, 0.15) is 0 Å². The standard InChI is InChI=1S/C32H35N5O2/c33-15-4-18-37(32(39)26-11-12-26)22-24-5-3-6-27(19-24)28-13-14-30(36-16-1-2-17-36)29(20-28)35-31(38)25-9-7-23(21-34)8-10-25/h3,5-10,13-14,19-20,26H,1-2,4,11-12,15-18,22,33H2,(H,35,38). The third kappa shape index (κ3) is 6.47. The summed E-state index contributed by atoms with van der Waals surface area (Å²) < 4.78 is 0. The number of carbonyl (C=O) groups is 2. The first-order valence-corrected chi connectivity index (χ1v) is 13.8. The number of carbonyl (C=O) groups excluding carboxylic acids is 2. The largest absolute Gasteiger partial charge is 0.370 e. The third-order valence-electron chi connectivity index (χ3n) is 7.47. The molecule has 3 aromatic carbocycles. The number of nitriles is 1. The Bertz CT molecular complexity index is 1370. The Kier molecular flexibility index (Phi) is 8.24. The molecule has 3 N–H and O–H groups in total. The Balaban J connectivity index is 1.41. The summed E-state index contributed by atoms with van der Waals surface area (Å²) in [4.78, 5) is 30.3. The second kappa shape index (κ2) is 12.1. The zero-order valence-corrected chi connectivity index (χ0v) is 22.2. The number of anilines is 2. The Hall–Kier alpha value is -4.15. The number of hydrogen-bond donors (Lipinski definition) is 2. The molecule has 0 aromatic heterocycles. The van der Waals surface area contributed by atoms with E-state index in [1.807, 2.05) is 17.0 Å². The summed E-state index contributed by atoms with van der Waals surface area (Å²) in [6.07, 6.45) is 5.02. The smallest absolute Gasteiger partial charge is 0.255 e. The highest BCUT2D eigenvalue weighted by molar-refractivity contribution is 6.06. The van der Waals surface area contributed by atoms with Crippen LogP contribution in [0.5, 0.6) is 0 Å². The molecule has 1 saturated carbocycles. The lowest BCUT2D eigenvalue weighted by Crippen LogP contribution is -2.33. The minimum Gasteiger partial charge on any atom is -0.370 e. The Morgan fingerprint density at radius 2 is 1.74 bits per heavy atom. The molecular weight excluding hydrogens is 486 g/mol. The van der Waals surface area contributed by atoms with Crippen LogP contribution in [0.25, 0.3) is 11.1 Å². The molecule has 7 heteroatoms. The van der Waals surface area contributed by atoms with Gasteiger partial charge in [0.05, 0.1) is 23.0 Å². The Labute approximate surface area is 230 Å². The fourth-order valence-corrected chi connectivity index (χ4v) is 5.15. The molecule has 39 heavy (non-hydrogen) atoms. The van der Waals surface area contributed by atoms with Gasteiger partial charge in [-0.3, -0.25) is 9.59 Å². The van der Waals surface area contributed by atoms with Gasteiger partial charge in [0, 0.05) is 37.7 Å². The zero-order chi connectivity index (χ0) is 27.2. The highest BCUT2D eigenvalue weighted by atomic mass is 16.2. The van der Waals surface area contributed by atoms with Gasteiger partial charge in [-0.1, -0.05) is 24.3 Å². The molecule has 2 amide bonds. The van der Waals surface area contributed by atoms with Crippen molar-refractivity contribution in [2.75, 3.05) is 36.4 Å². The van der Waals surface area contributed by atoms with Gasteiger partial charge < -0.3 is 20.9 Å². The molecule has 2 fully saturated rings. The molecule has 200 valence electrons. The highest BCUT2D eigenvalue weighted by Crippen LogP contribution is 2.35. The number of rotatable bonds is 10. The predicted molar refractivity (Wildman–Crippen MR) is 154 cm³/mol. The summed E-state index contributed by atoms with van der Waals surface area (Å²) in [6.45, 7) is 3.72. The molecular formula is C32H35N5O2. The molecule has 1 saturated heterocycles. The lowest BCUT2D eigenvalue weighted by Gasteiger charge is -2.24. The summed E-state index contributed by atoms with van der Waals surface area (Å²) in [6, 6.07) is 23.3. The van der Waals surface area contributed by atoms with Crippen molar-refractivity contribution in [3.8, 4) is 17.2 Å². The topological polar surface area (TPSA) is 102 Å². The van der Waals surface area contributed by atoms with Crippen molar-refractivity contribution in [3.63, 3.8) is 0 Å². The summed E-state index contributed by atoms with van der Waals surface area (Å²) in [5.41, 5.74) is 11.6. The van der Waals surface area contributed by atoms with Gasteiger partial charge in [0.15, 0.2) is 0 Å². The maximum atomic E-state index is 13.2. The SMILES string of the molecule is N#Cc1ccc(C(=O)Nc2cc(-c3cccc(CN(CCCN)C(=O)C4CC4)c3)ccc2N2CCCC2)cc1. The van der Waals surface area contributed by atoms with Crippen molar-refractivity contribution >= 4 is 23.2 Å². The Morgan fingerprint density at radius 3 is 2.44 bits per heavy atom. The van der Waals surface area contributed by atoms with E-state index in [4.69, 9.17) is 11.0 Å². The van der Waals surface area contributed by atoms with Crippen LogP contribution in [-0.4, -0.2) is 42.9 Å². The summed E-state index contributed by atoms with van der Waals surface area (Å²) in [5.74, 6) is 0.197. The van der Waals surface area contributed by atoms with Crippen LogP contribution in [0.1, 0.15) is 53.6 Å². The van der Waals surface area contributed by atoms with Crippen molar-refractivity contribution in [2.24, 2.45) is 11.7 Å². The zero-order valence-electron chi connectivity index (χ0n) is 22.2. The Morgan fingerprint density at radius 1 is 1.00 bits per heavy atom. The van der Waals surface area contributed by atoms with Gasteiger partial charge >= 0.3 is 0 Å². The first-order valence-electron chi connectivity index (χ1n) is 13.8. The molecule has 2 aliphatic rings. The van der Waals surface area contributed by atoms with Gasteiger partial charge in [0.25, 0.3) is 5.91 Å². The molecule has 1 heterocycles. The van der Waals surface area contributed by atoms with Gasteiger partial charge in [-0.05, 0) is 97.8 Å². The third-order valence-corrected chi connectivity index (χ3v) is 7.47. The summed E-state index contributed by atoms with van der Waals surface area (Å²) >= 11 is 0. The van der Waals surface area contributed by atoms with Gasteiger partial charge in [-0.25, -0.2) is 0 Å². The summed E-state index contributed by atoms with van der Waals surface area (Å²) in [5, 5.41) is 12.2. The minimum absolute atomic E-state index is 0.173. The average Bonchev–Trinajstić information content (AvgIpc) is 3.68. The molecule has 0 spiro atoms. The number of nitrogens with one attached hydrogen (secondary N) is 1. The monoisotopic (exact) mass is 521 g/mol. The molecule has 3 aromatic rings. The van der Waals surface area contributed by atoms with Crippen LogP contribution >= 0.6 is 0 Å². The number of nitrogens with two attached hydrogens (primary N) is 1.